The van der Waals surface area contributed by atoms with E-state index in [-0.39, 0.29) is 23.5 Å². The zero-order valence-corrected chi connectivity index (χ0v) is 17.5. The predicted octanol–water partition coefficient (Wildman–Crippen LogP) is 3.20. The number of hydrogen-bond donors (Lipinski definition) is 1. The van der Waals surface area contributed by atoms with Crippen molar-refractivity contribution in [1.82, 2.24) is 5.32 Å². The third-order valence-electron chi connectivity index (χ3n) is 3.68. The molecule has 1 N–H and O–H groups in total. The fraction of sp³-hybridized carbons (Fsp3) is 0.600. The fourth-order valence-electron chi connectivity index (χ4n) is 3.20. The van der Waals surface area contributed by atoms with Crippen LogP contribution in [0.25, 0.3) is 0 Å². The topological polar surface area (TPSA) is 83.1 Å². The maximum absolute atomic E-state index is 12.3. The standard InChI is InChI=1S/C20H31NO6/c1-19(2,3)12-20(4,5)21-16(22)11-27-18(23)13-9-14(24-6)17(26-8)15(10-13)25-7/h9-10H,11-12H2,1-8H3,(H,21,22). The number of esters is 1. The van der Waals surface area contributed by atoms with Gasteiger partial charge in [0.1, 0.15) is 0 Å². The lowest BCUT2D eigenvalue weighted by Crippen LogP contribution is -2.47. The summed E-state index contributed by atoms with van der Waals surface area (Å²) >= 11 is 0. The minimum absolute atomic E-state index is 0.0592. The van der Waals surface area contributed by atoms with Crippen molar-refractivity contribution in [2.45, 2.75) is 46.6 Å². The number of ether oxygens (including phenoxy) is 4. The number of amides is 1. The van der Waals surface area contributed by atoms with Crippen LogP contribution in [-0.2, 0) is 9.53 Å². The van der Waals surface area contributed by atoms with E-state index in [1.807, 2.05) is 13.8 Å². The molecule has 0 heterocycles. The van der Waals surface area contributed by atoms with Crippen LogP contribution in [0.15, 0.2) is 12.1 Å². The van der Waals surface area contributed by atoms with Gasteiger partial charge in [-0.2, -0.15) is 0 Å². The molecule has 1 aromatic carbocycles. The summed E-state index contributed by atoms with van der Waals surface area (Å²) in [5.41, 5.74) is -0.149. The van der Waals surface area contributed by atoms with E-state index >= 15 is 0 Å². The van der Waals surface area contributed by atoms with Crippen LogP contribution < -0.4 is 19.5 Å². The molecule has 1 amide bonds. The van der Waals surface area contributed by atoms with Crippen LogP contribution in [0.4, 0.5) is 0 Å². The third-order valence-corrected chi connectivity index (χ3v) is 3.68. The van der Waals surface area contributed by atoms with Crippen LogP contribution in [0.2, 0.25) is 0 Å². The van der Waals surface area contributed by atoms with Gasteiger partial charge < -0.3 is 24.3 Å². The highest BCUT2D eigenvalue weighted by Crippen LogP contribution is 2.38. The van der Waals surface area contributed by atoms with E-state index in [2.05, 4.69) is 26.1 Å². The average molecular weight is 381 g/mol. The van der Waals surface area contributed by atoms with Gasteiger partial charge in [-0.1, -0.05) is 20.8 Å². The van der Waals surface area contributed by atoms with Gasteiger partial charge in [0, 0.05) is 5.54 Å². The molecule has 0 aliphatic carbocycles. The van der Waals surface area contributed by atoms with Crippen LogP contribution in [0.3, 0.4) is 0 Å². The molecule has 1 aromatic rings. The maximum Gasteiger partial charge on any atom is 0.338 e. The third kappa shape index (κ3) is 7.00. The summed E-state index contributed by atoms with van der Waals surface area (Å²) in [4.78, 5) is 24.5. The summed E-state index contributed by atoms with van der Waals surface area (Å²) in [5, 5.41) is 2.90. The van der Waals surface area contributed by atoms with Gasteiger partial charge in [0.2, 0.25) is 5.75 Å². The highest BCUT2D eigenvalue weighted by molar-refractivity contribution is 5.92. The Morgan fingerprint density at radius 3 is 1.85 bits per heavy atom. The molecule has 0 atom stereocenters. The van der Waals surface area contributed by atoms with E-state index < -0.39 is 11.5 Å². The molecule has 0 radical (unpaired) electrons. The molecule has 0 saturated heterocycles. The maximum atomic E-state index is 12.3. The lowest BCUT2D eigenvalue weighted by atomic mass is 9.82. The number of rotatable bonds is 8. The van der Waals surface area contributed by atoms with Gasteiger partial charge in [-0.25, -0.2) is 4.79 Å². The van der Waals surface area contributed by atoms with Crippen LogP contribution in [-0.4, -0.2) is 45.4 Å². The Balaban J connectivity index is 2.78. The summed E-state index contributed by atoms with van der Waals surface area (Å²) in [5.74, 6) is 0.0282. The summed E-state index contributed by atoms with van der Waals surface area (Å²) in [7, 11) is 4.39. The van der Waals surface area contributed by atoms with Crippen LogP contribution in [0.5, 0.6) is 17.2 Å². The van der Waals surface area contributed by atoms with Crippen LogP contribution in [0, 0.1) is 5.41 Å². The molecule has 7 nitrogen and oxygen atoms in total. The molecule has 0 fully saturated rings. The minimum Gasteiger partial charge on any atom is -0.493 e. The van der Waals surface area contributed by atoms with Gasteiger partial charge in [0.05, 0.1) is 26.9 Å². The van der Waals surface area contributed by atoms with Crippen molar-refractivity contribution >= 4 is 11.9 Å². The number of carbonyl (C=O) groups is 2. The summed E-state index contributed by atoms with van der Waals surface area (Å²) < 4.78 is 20.8. The molecular formula is C20H31NO6. The highest BCUT2D eigenvalue weighted by Gasteiger charge is 2.27. The molecule has 7 heteroatoms. The van der Waals surface area contributed by atoms with Crippen molar-refractivity contribution in [2.75, 3.05) is 27.9 Å². The second-order valence-corrected chi connectivity index (χ2v) is 8.16. The summed E-state index contributed by atoms with van der Waals surface area (Å²) in [6.07, 6.45) is 0.784. The molecule has 0 aliphatic heterocycles. The Hall–Kier alpha value is -2.44. The van der Waals surface area contributed by atoms with E-state index in [1.54, 1.807) is 0 Å². The van der Waals surface area contributed by atoms with Crippen molar-refractivity contribution in [2.24, 2.45) is 5.41 Å². The van der Waals surface area contributed by atoms with Crippen LogP contribution >= 0.6 is 0 Å². The normalized spacial score (nSPS) is 11.6. The van der Waals surface area contributed by atoms with Gasteiger partial charge in [-0.05, 0) is 37.8 Å². The Morgan fingerprint density at radius 1 is 0.926 bits per heavy atom. The van der Waals surface area contributed by atoms with Crippen molar-refractivity contribution < 1.29 is 28.5 Å². The Morgan fingerprint density at radius 2 is 1.44 bits per heavy atom. The van der Waals surface area contributed by atoms with Crippen molar-refractivity contribution in [3.8, 4) is 17.2 Å². The predicted molar refractivity (Wildman–Crippen MR) is 103 cm³/mol. The van der Waals surface area contributed by atoms with Crippen molar-refractivity contribution in [3.05, 3.63) is 17.7 Å². The quantitative estimate of drug-likeness (QED) is 0.696. The van der Waals surface area contributed by atoms with E-state index in [1.165, 1.54) is 33.5 Å². The Kier molecular flexibility index (Phi) is 7.51. The first kappa shape index (κ1) is 22.6. The molecule has 0 unspecified atom stereocenters. The number of nitrogens with one attached hydrogen (secondary N) is 1. The summed E-state index contributed by atoms with van der Waals surface area (Å²) in [6.45, 7) is 9.82. The van der Waals surface area contributed by atoms with E-state index in [0.29, 0.717) is 17.2 Å². The van der Waals surface area contributed by atoms with Crippen molar-refractivity contribution in [3.63, 3.8) is 0 Å². The highest BCUT2D eigenvalue weighted by atomic mass is 16.5. The lowest BCUT2D eigenvalue weighted by Gasteiger charge is -2.33. The smallest absolute Gasteiger partial charge is 0.338 e. The number of benzene rings is 1. The first-order valence-corrected chi connectivity index (χ1v) is 8.70. The average Bonchev–Trinajstić information content (AvgIpc) is 2.55. The zero-order valence-electron chi connectivity index (χ0n) is 17.5. The van der Waals surface area contributed by atoms with Gasteiger partial charge >= 0.3 is 5.97 Å². The number of hydrogen-bond acceptors (Lipinski definition) is 6. The van der Waals surface area contributed by atoms with E-state index in [4.69, 9.17) is 18.9 Å². The largest absolute Gasteiger partial charge is 0.493 e. The van der Waals surface area contributed by atoms with Gasteiger partial charge in [-0.15, -0.1) is 0 Å². The first-order valence-electron chi connectivity index (χ1n) is 8.70. The molecule has 0 aromatic heterocycles. The minimum atomic E-state index is -0.655. The Labute approximate surface area is 161 Å². The second kappa shape index (κ2) is 8.97. The Bertz CT molecular complexity index is 651. The molecule has 152 valence electrons. The van der Waals surface area contributed by atoms with Gasteiger partial charge in [-0.3, -0.25) is 4.79 Å². The SMILES string of the molecule is COc1cc(C(=O)OCC(=O)NC(C)(C)CC(C)(C)C)cc(OC)c1OC. The molecule has 0 aliphatic rings. The van der Waals surface area contributed by atoms with Gasteiger partial charge in [0.15, 0.2) is 18.1 Å². The molecule has 0 saturated carbocycles. The fourth-order valence-corrected chi connectivity index (χ4v) is 3.20. The molecule has 27 heavy (non-hydrogen) atoms. The molecule has 0 bridgehead atoms. The molecule has 1 rings (SSSR count). The van der Waals surface area contributed by atoms with Crippen LogP contribution in [0.1, 0.15) is 51.4 Å². The van der Waals surface area contributed by atoms with E-state index in [9.17, 15) is 9.59 Å². The number of methoxy groups -OCH3 is 3. The zero-order chi connectivity index (χ0) is 20.8. The molecule has 0 spiro atoms. The lowest BCUT2D eigenvalue weighted by molar-refractivity contribution is -0.126. The number of carbonyl (C=O) groups excluding carboxylic acids is 2. The van der Waals surface area contributed by atoms with Gasteiger partial charge in [0.25, 0.3) is 5.91 Å². The molecular weight excluding hydrogens is 350 g/mol. The summed E-state index contributed by atoms with van der Waals surface area (Å²) in [6, 6.07) is 2.95. The monoisotopic (exact) mass is 381 g/mol. The first-order chi connectivity index (χ1) is 12.4. The second-order valence-electron chi connectivity index (χ2n) is 8.16. The van der Waals surface area contributed by atoms with Crippen molar-refractivity contribution in [1.29, 1.82) is 0 Å². The van der Waals surface area contributed by atoms with E-state index in [0.717, 1.165) is 6.42 Å².